The summed E-state index contributed by atoms with van der Waals surface area (Å²) < 4.78 is 0. The maximum absolute atomic E-state index is 9.83. The van der Waals surface area contributed by atoms with Crippen LogP contribution in [-0.2, 0) is 0 Å². The van der Waals surface area contributed by atoms with Gasteiger partial charge in [0.1, 0.15) is 0 Å². The molecule has 0 aromatic rings. The Balaban J connectivity index is 2.12. The summed E-state index contributed by atoms with van der Waals surface area (Å²) in [4.78, 5) is 0. The number of fused-ring (bicyclic) bond motifs is 1. The van der Waals surface area contributed by atoms with Crippen LogP contribution in [0.1, 0.15) is 72.6 Å². The molecule has 2 rings (SSSR count). The highest BCUT2D eigenvalue weighted by Gasteiger charge is 2.52. The molecule has 128 valence electrons. The zero-order valence-corrected chi connectivity index (χ0v) is 15.1. The molecular formula is C20H36O2. The van der Waals surface area contributed by atoms with Crippen LogP contribution in [0.3, 0.4) is 0 Å². The van der Waals surface area contributed by atoms with Crippen molar-refractivity contribution in [1.82, 2.24) is 0 Å². The average molecular weight is 309 g/mol. The van der Waals surface area contributed by atoms with Crippen LogP contribution < -0.4 is 0 Å². The second-order valence-electron chi connectivity index (χ2n) is 8.95. The van der Waals surface area contributed by atoms with Crippen LogP contribution in [0.5, 0.6) is 0 Å². The first-order valence-corrected chi connectivity index (χ1v) is 9.19. The summed E-state index contributed by atoms with van der Waals surface area (Å²) in [7, 11) is 0. The molecule has 2 fully saturated rings. The van der Waals surface area contributed by atoms with Crippen LogP contribution in [0.15, 0.2) is 12.2 Å². The first kappa shape index (κ1) is 18.0. The standard InChI is InChI=1S/C20H36O2/c1-14-8-10-18-19(3,4)11-6-12-20(18,5)16(14)9-7-15(2)17(22)13-21/h15-18,21-22H,1,6-13H2,2-5H3/t15-,16+,17-,18+,20-/m1/s1. The first-order chi connectivity index (χ1) is 10.2. The molecule has 2 nitrogen and oxygen atoms in total. The van der Waals surface area contributed by atoms with Crippen molar-refractivity contribution in [3.63, 3.8) is 0 Å². The topological polar surface area (TPSA) is 40.5 Å². The summed E-state index contributed by atoms with van der Waals surface area (Å²) in [6.45, 7) is 13.8. The number of hydrogen-bond acceptors (Lipinski definition) is 2. The highest BCUT2D eigenvalue weighted by Crippen LogP contribution is 2.61. The van der Waals surface area contributed by atoms with Gasteiger partial charge in [-0.25, -0.2) is 0 Å². The minimum Gasteiger partial charge on any atom is -0.394 e. The predicted molar refractivity (Wildman–Crippen MR) is 92.6 cm³/mol. The molecule has 22 heavy (non-hydrogen) atoms. The van der Waals surface area contributed by atoms with Gasteiger partial charge >= 0.3 is 0 Å². The minimum atomic E-state index is -0.580. The van der Waals surface area contributed by atoms with Gasteiger partial charge in [-0.3, -0.25) is 0 Å². The number of rotatable bonds is 5. The Morgan fingerprint density at radius 3 is 2.59 bits per heavy atom. The van der Waals surface area contributed by atoms with Gasteiger partial charge in [-0.15, -0.1) is 0 Å². The lowest BCUT2D eigenvalue weighted by molar-refractivity contribution is -0.0569. The van der Waals surface area contributed by atoms with E-state index in [1.807, 2.05) is 0 Å². The van der Waals surface area contributed by atoms with Crippen molar-refractivity contribution in [3.8, 4) is 0 Å². The second kappa shape index (κ2) is 6.65. The largest absolute Gasteiger partial charge is 0.394 e. The molecule has 2 heteroatoms. The van der Waals surface area contributed by atoms with Gasteiger partial charge in [0.05, 0.1) is 12.7 Å². The molecule has 2 saturated carbocycles. The van der Waals surface area contributed by atoms with Gasteiger partial charge < -0.3 is 10.2 Å². The van der Waals surface area contributed by atoms with E-state index in [1.165, 1.54) is 37.7 Å². The van der Waals surface area contributed by atoms with Gasteiger partial charge in [0.2, 0.25) is 0 Å². The predicted octanol–water partition coefficient (Wildman–Crippen LogP) is 4.55. The highest BCUT2D eigenvalue weighted by molar-refractivity contribution is 5.15. The first-order valence-electron chi connectivity index (χ1n) is 9.19. The quantitative estimate of drug-likeness (QED) is 0.731. The van der Waals surface area contributed by atoms with Gasteiger partial charge in [0.15, 0.2) is 0 Å². The van der Waals surface area contributed by atoms with E-state index in [-0.39, 0.29) is 12.5 Å². The Kier molecular flexibility index (Phi) is 5.44. The fraction of sp³-hybridized carbons (Fsp3) is 0.900. The third-order valence-electron chi connectivity index (χ3n) is 7.07. The molecule has 0 amide bonds. The molecule has 0 radical (unpaired) electrons. The monoisotopic (exact) mass is 308 g/mol. The van der Waals surface area contributed by atoms with E-state index in [4.69, 9.17) is 5.11 Å². The molecule has 0 aromatic heterocycles. The third-order valence-corrected chi connectivity index (χ3v) is 7.07. The Morgan fingerprint density at radius 2 is 1.95 bits per heavy atom. The van der Waals surface area contributed by atoms with Crippen molar-refractivity contribution in [3.05, 3.63) is 12.2 Å². The molecule has 0 saturated heterocycles. The van der Waals surface area contributed by atoms with Crippen molar-refractivity contribution < 1.29 is 10.2 Å². The van der Waals surface area contributed by atoms with Crippen molar-refractivity contribution in [1.29, 1.82) is 0 Å². The normalized spacial score (nSPS) is 37.5. The van der Waals surface area contributed by atoms with Crippen molar-refractivity contribution in [2.45, 2.75) is 78.7 Å². The van der Waals surface area contributed by atoms with Crippen molar-refractivity contribution >= 4 is 0 Å². The summed E-state index contributed by atoms with van der Waals surface area (Å²) in [6.07, 6.45) is 7.99. The molecule has 0 spiro atoms. The molecular weight excluding hydrogens is 272 g/mol. The Morgan fingerprint density at radius 1 is 1.27 bits per heavy atom. The molecule has 5 atom stereocenters. The summed E-state index contributed by atoms with van der Waals surface area (Å²) in [6, 6.07) is 0. The lowest BCUT2D eigenvalue weighted by atomic mass is 9.47. The molecule has 0 bridgehead atoms. The van der Waals surface area contributed by atoms with Crippen LogP contribution in [0.2, 0.25) is 0 Å². The lowest BCUT2D eigenvalue weighted by Crippen LogP contribution is -2.49. The number of allylic oxidation sites excluding steroid dienone is 1. The van der Waals surface area contributed by atoms with Crippen molar-refractivity contribution in [2.24, 2.45) is 28.6 Å². The molecule has 0 unspecified atom stereocenters. The van der Waals surface area contributed by atoms with Gasteiger partial charge in [-0.2, -0.15) is 0 Å². The molecule has 0 aliphatic heterocycles. The van der Waals surface area contributed by atoms with E-state index < -0.39 is 6.10 Å². The molecule has 2 aliphatic carbocycles. The average Bonchev–Trinajstić information content (AvgIpc) is 2.44. The van der Waals surface area contributed by atoms with Crippen molar-refractivity contribution in [2.75, 3.05) is 6.61 Å². The molecule has 0 aromatic carbocycles. The minimum absolute atomic E-state index is 0.125. The zero-order valence-electron chi connectivity index (χ0n) is 15.1. The molecule has 2 N–H and O–H groups in total. The number of hydrogen-bond donors (Lipinski definition) is 2. The fourth-order valence-corrected chi connectivity index (χ4v) is 5.61. The fourth-order valence-electron chi connectivity index (χ4n) is 5.61. The number of aliphatic hydroxyl groups excluding tert-OH is 2. The highest BCUT2D eigenvalue weighted by atomic mass is 16.3. The summed E-state index contributed by atoms with van der Waals surface area (Å²) in [5.41, 5.74) is 2.26. The smallest absolute Gasteiger partial charge is 0.0796 e. The SMILES string of the molecule is C=C1CC[C@H]2C(C)(C)CCC[C@]2(C)[C@H]1CC[C@@H](C)[C@H](O)CO. The maximum atomic E-state index is 9.83. The van der Waals surface area contributed by atoms with Crippen LogP contribution >= 0.6 is 0 Å². The summed E-state index contributed by atoms with van der Waals surface area (Å²) in [5, 5.41) is 19.0. The second-order valence-corrected chi connectivity index (χ2v) is 8.95. The van der Waals surface area contributed by atoms with E-state index >= 15 is 0 Å². The van der Waals surface area contributed by atoms with Crippen LogP contribution in [0, 0.1) is 28.6 Å². The Bertz CT molecular complexity index is 401. The third kappa shape index (κ3) is 3.28. The lowest BCUT2D eigenvalue weighted by Gasteiger charge is -2.58. The summed E-state index contributed by atoms with van der Waals surface area (Å²) in [5.74, 6) is 1.54. The van der Waals surface area contributed by atoms with Crippen LogP contribution in [-0.4, -0.2) is 22.9 Å². The number of aliphatic hydroxyl groups is 2. The van der Waals surface area contributed by atoms with Gasteiger partial charge in [-0.1, -0.05) is 46.3 Å². The molecule has 2 aliphatic rings. The van der Waals surface area contributed by atoms with Gasteiger partial charge in [0, 0.05) is 0 Å². The van der Waals surface area contributed by atoms with Crippen LogP contribution in [0.4, 0.5) is 0 Å². The van der Waals surface area contributed by atoms with E-state index in [2.05, 4.69) is 34.3 Å². The van der Waals surface area contributed by atoms with Crippen LogP contribution in [0.25, 0.3) is 0 Å². The van der Waals surface area contributed by atoms with E-state index in [0.29, 0.717) is 16.7 Å². The van der Waals surface area contributed by atoms with Gasteiger partial charge in [0.25, 0.3) is 0 Å². The maximum Gasteiger partial charge on any atom is 0.0796 e. The van der Waals surface area contributed by atoms with E-state index in [9.17, 15) is 5.11 Å². The van der Waals surface area contributed by atoms with Gasteiger partial charge in [-0.05, 0) is 67.1 Å². The Hall–Kier alpha value is -0.340. The zero-order chi connectivity index (χ0) is 16.5. The summed E-state index contributed by atoms with van der Waals surface area (Å²) >= 11 is 0. The molecule has 0 heterocycles. The van der Waals surface area contributed by atoms with E-state index in [0.717, 1.165) is 18.8 Å². The Labute approximate surface area is 137 Å². The van der Waals surface area contributed by atoms with E-state index in [1.54, 1.807) is 0 Å².